The summed E-state index contributed by atoms with van der Waals surface area (Å²) in [6.07, 6.45) is -4.41. The minimum absolute atomic E-state index is 0.0355. The first-order valence-corrected chi connectivity index (χ1v) is 8.18. The summed E-state index contributed by atoms with van der Waals surface area (Å²) in [5.74, 6) is -2.67. The molecule has 0 aliphatic carbocycles. The zero-order valence-corrected chi connectivity index (χ0v) is 15.7. The van der Waals surface area contributed by atoms with Crippen LogP contribution in [0.4, 0.5) is 0 Å². The molecule has 152 valence electrons. The molecule has 0 spiro atoms. The van der Waals surface area contributed by atoms with E-state index in [1.54, 1.807) is 0 Å². The van der Waals surface area contributed by atoms with Crippen LogP contribution in [0.3, 0.4) is 0 Å². The van der Waals surface area contributed by atoms with Crippen LogP contribution in [0.5, 0.6) is 0 Å². The number of ether oxygens (including phenoxy) is 6. The minimum Gasteiger partial charge on any atom is -0.463 e. The first-order chi connectivity index (χ1) is 12.6. The Labute approximate surface area is 156 Å². The molecule has 0 aromatic heterocycles. The monoisotopic (exact) mass is 388 g/mol. The van der Waals surface area contributed by atoms with Crippen LogP contribution in [0.1, 0.15) is 27.7 Å². The SMILES string of the molecule is C=CCO[C@H]1O[C@H](COC(C)=O)[C@@H](OC(C)=O)[C@H](OC(C)=O)[C@H]1OC(C)=O. The molecule has 0 radical (unpaired) electrons. The van der Waals surface area contributed by atoms with Crippen molar-refractivity contribution in [3.8, 4) is 0 Å². The van der Waals surface area contributed by atoms with Crippen LogP contribution in [-0.2, 0) is 47.6 Å². The van der Waals surface area contributed by atoms with Gasteiger partial charge >= 0.3 is 23.9 Å². The molecule has 0 saturated carbocycles. The lowest BCUT2D eigenvalue weighted by Gasteiger charge is -2.43. The van der Waals surface area contributed by atoms with Crippen molar-refractivity contribution in [1.82, 2.24) is 0 Å². The molecule has 1 rings (SSSR count). The fraction of sp³-hybridized carbons (Fsp3) is 0.647. The highest BCUT2D eigenvalue weighted by Crippen LogP contribution is 2.29. The van der Waals surface area contributed by atoms with Gasteiger partial charge in [0.15, 0.2) is 24.6 Å². The van der Waals surface area contributed by atoms with E-state index in [2.05, 4.69) is 6.58 Å². The third kappa shape index (κ3) is 7.35. The molecule has 10 heteroatoms. The van der Waals surface area contributed by atoms with Crippen LogP contribution >= 0.6 is 0 Å². The molecular weight excluding hydrogens is 364 g/mol. The maximum Gasteiger partial charge on any atom is 0.303 e. The Morgan fingerprint density at radius 2 is 1.37 bits per heavy atom. The Hall–Kier alpha value is -2.46. The Bertz CT molecular complexity index is 572. The summed E-state index contributed by atoms with van der Waals surface area (Å²) in [5.41, 5.74) is 0. The largest absolute Gasteiger partial charge is 0.463 e. The lowest BCUT2D eigenvalue weighted by Crippen LogP contribution is -2.62. The van der Waals surface area contributed by atoms with Gasteiger partial charge in [0.1, 0.15) is 12.7 Å². The number of carbonyl (C=O) groups excluding carboxylic acids is 4. The maximum atomic E-state index is 11.6. The van der Waals surface area contributed by atoms with Gasteiger partial charge in [-0.2, -0.15) is 0 Å². The summed E-state index contributed by atoms with van der Waals surface area (Å²) in [6.45, 7) is 7.90. The van der Waals surface area contributed by atoms with Crippen LogP contribution in [-0.4, -0.2) is 67.8 Å². The van der Waals surface area contributed by atoms with E-state index < -0.39 is 54.6 Å². The second kappa shape index (κ2) is 10.6. The summed E-state index contributed by atoms with van der Waals surface area (Å²) in [5, 5.41) is 0. The Balaban J connectivity index is 3.24. The van der Waals surface area contributed by atoms with E-state index in [-0.39, 0.29) is 13.2 Å². The number of carbonyl (C=O) groups is 4. The van der Waals surface area contributed by atoms with Gasteiger partial charge in [-0.25, -0.2) is 0 Å². The van der Waals surface area contributed by atoms with E-state index in [9.17, 15) is 19.2 Å². The molecule has 0 N–H and O–H groups in total. The summed E-state index contributed by atoms with van der Waals surface area (Å²) in [4.78, 5) is 45.8. The van der Waals surface area contributed by atoms with Crippen molar-refractivity contribution in [1.29, 1.82) is 0 Å². The van der Waals surface area contributed by atoms with Gasteiger partial charge in [0.2, 0.25) is 0 Å². The van der Waals surface area contributed by atoms with Gasteiger partial charge in [0.05, 0.1) is 6.61 Å². The quantitative estimate of drug-likeness (QED) is 0.325. The van der Waals surface area contributed by atoms with Crippen molar-refractivity contribution in [3.63, 3.8) is 0 Å². The second-order valence-electron chi connectivity index (χ2n) is 5.69. The van der Waals surface area contributed by atoms with Crippen molar-refractivity contribution >= 4 is 23.9 Å². The normalized spacial score (nSPS) is 27.2. The maximum absolute atomic E-state index is 11.6. The van der Waals surface area contributed by atoms with Gasteiger partial charge in [-0.3, -0.25) is 19.2 Å². The van der Waals surface area contributed by atoms with E-state index in [0.29, 0.717) is 0 Å². The second-order valence-corrected chi connectivity index (χ2v) is 5.69. The minimum atomic E-state index is -1.24. The van der Waals surface area contributed by atoms with Gasteiger partial charge in [-0.15, -0.1) is 6.58 Å². The number of hydrogen-bond donors (Lipinski definition) is 0. The Morgan fingerprint density at radius 3 is 1.85 bits per heavy atom. The van der Waals surface area contributed by atoms with Gasteiger partial charge < -0.3 is 28.4 Å². The predicted molar refractivity (Wildman–Crippen MR) is 88.1 cm³/mol. The number of hydrogen-bond acceptors (Lipinski definition) is 10. The van der Waals surface area contributed by atoms with Gasteiger partial charge in [0, 0.05) is 27.7 Å². The third-order valence-corrected chi connectivity index (χ3v) is 3.33. The van der Waals surface area contributed by atoms with E-state index in [1.165, 1.54) is 13.0 Å². The van der Waals surface area contributed by atoms with E-state index in [0.717, 1.165) is 20.8 Å². The van der Waals surface area contributed by atoms with Crippen molar-refractivity contribution in [2.24, 2.45) is 0 Å². The highest BCUT2D eigenvalue weighted by molar-refractivity contribution is 5.68. The Morgan fingerprint density at radius 1 is 0.852 bits per heavy atom. The number of esters is 4. The lowest BCUT2D eigenvalue weighted by molar-refractivity contribution is -0.305. The van der Waals surface area contributed by atoms with Gasteiger partial charge in [-0.1, -0.05) is 6.08 Å². The first kappa shape index (κ1) is 22.6. The molecule has 5 atom stereocenters. The highest BCUT2D eigenvalue weighted by Gasteiger charge is 2.52. The molecule has 1 aliphatic rings. The van der Waals surface area contributed by atoms with Gasteiger partial charge in [0.25, 0.3) is 0 Å². The molecule has 10 nitrogen and oxygen atoms in total. The average Bonchev–Trinajstić information content (AvgIpc) is 2.54. The average molecular weight is 388 g/mol. The van der Waals surface area contributed by atoms with Crippen LogP contribution in [0, 0.1) is 0 Å². The molecule has 0 bridgehead atoms. The molecule has 0 unspecified atom stereocenters. The summed E-state index contributed by atoms with van der Waals surface area (Å²) in [6, 6.07) is 0. The molecule has 1 heterocycles. The van der Waals surface area contributed by atoms with Crippen molar-refractivity contribution < 1.29 is 47.6 Å². The lowest BCUT2D eigenvalue weighted by atomic mass is 9.98. The van der Waals surface area contributed by atoms with Crippen LogP contribution < -0.4 is 0 Å². The van der Waals surface area contributed by atoms with Crippen LogP contribution in [0.25, 0.3) is 0 Å². The summed E-state index contributed by atoms with van der Waals surface area (Å²) >= 11 is 0. The fourth-order valence-corrected chi connectivity index (χ4v) is 2.49. The molecule has 27 heavy (non-hydrogen) atoms. The number of rotatable bonds is 8. The summed E-state index contributed by atoms with van der Waals surface area (Å²) < 4.78 is 31.7. The zero-order chi connectivity index (χ0) is 20.6. The third-order valence-electron chi connectivity index (χ3n) is 3.33. The molecule has 0 aromatic carbocycles. The van der Waals surface area contributed by atoms with Crippen LogP contribution in [0.2, 0.25) is 0 Å². The molecular formula is C17H24O10. The summed E-state index contributed by atoms with van der Waals surface area (Å²) in [7, 11) is 0. The van der Waals surface area contributed by atoms with E-state index >= 15 is 0 Å². The first-order valence-electron chi connectivity index (χ1n) is 8.18. The predicted octanol–water partition coefficient (Wildman–Crippen LogP) is 0.272. The standard InChI is InChI=1S/C17H24O10/c1-6-7-22-17-16(26-12(5)21)15(25-11(4)20)14(24-10(3)19)13(27-17)8-23-9(2)18/h6,13-17H,1,7-8H2,2-5H3/t13-,14-,15+,16-,17+/m1/s1. The van der Waals surface area contributed by atoms with Crippen molar-refractivity contribution in [3.05, 3.63) is 12.7 Å². The molecule has 0 aromatic rings. The van der Waals surface area contributed by atoms with E-state index in [4.69, 9.17) is 28.4 Å². The highest BCUT2D eigenvalue weighted by atomic mass is 16.7. The topological polar surface area (TPSA) is 124 Å². The molecule has 0 amide bonds. The van der Waals surface area contributed by atoms with Gasteiger partial charge in [-0.05, 0) is 0 Å². The fourth-order valence-electron chi connectivity index (χ4n) is 2.49. The molecule has 1 saturated heterocycles. The Kier molecular flexibility index (Phi) is 8.89. The van der Waals surface area contributed by atoms with E-state index in [1.807, 2.05) is 0 Å². The van der Waals surface area contributed by atoms with Crippen molar-refractivity contribution in [2.75, 3.05) is 13.2 Å². The molecule has 1 fully saturated rings. The smallest absolute Gasteiger partial charge is 0.303 e. The van der Waals surface area contributed by atoms with Crippen molar-refractivity contribution in [2.45, 2.75) is 58.4 Å². The molecule has 1 aliphatic heterocycles. The van der Waals surface area contributed by atoms with Crippen LogP contribution in [0.15, 0.2) is 12.7 Å². The zero-order valence-electron chi connectivity index (χ0n) is 15.7.